The van der Waals surface area contributed by atoms with Crippen LogP contribution in [0.4, 0.5) is 0 Å². The Hall–Kier alpha value is -0.700. The lowest BCUT2D eigenvalue weighted by atomic mass is 10.4. The standard InChI is InChI=1S/C7H13NO2/c1-6-7(9)5-10-4-3-8(6)2/h9H,3-5H2,1-2H3. The van der Waals surface area contributed by atoms with Crippen LogP contribution in [0.3, 0.4) is 0 Å². The number of nitrogens with zero attached hydrogens (tertiary/aromatic N) is 1. The zero-order valence-electron chi connectivity index (χ0n) is 6.42. The number of hydrogen-bond donors (Lipinski definition) is 1. The molecule has 10 heavy (non-hydrogen) atoms. The molecule has 0 saturated heterocycles. The molecule has 0 atom stereocenters. The predicted molar refractivity (Wildman–Crippen MR) is 38.8 cm³/mol. The fourth-order valence-corrected chi connectivity index (χ4v) is 0.863. The van der Waals surface area contributed by atoms with E-state index in [1.54, 1.807) is 0 Å². The summed E-state index contributed by atoms with van der Waals surface area (Å²) < 4.78 is 5.10. The van der Waals surface area contributed by atoms with Crippen molar-refractivity contribution in [2.75, 3.05) is 26.8 Å². The second kappa shape index (κ2) is 2.92. The summed E-state index contributed by atoms with van der Waals surface area (Å²) in [7, 11) is 1.94. The Labute approximate surface area is 60.9 Å². The van der Waals surface area contributed by atoms with Gasteiger partial charge in [0.1, 0.15) is 12.4 Å². The SMILES string of the molecule is CC1=C(O)COCCN1C. The molecular formula is C7H13NO2. The highest BCUT2D eigenvalue weighted by Gasteiger charge is 2.09. The normalized spacial score (nSPS) is 21.2. The van der Waals surface area contributed by atoms with Gasteiger partial charge >= 0.3 is 0 Å². The minimum atomic E-state index is 0.347. The Morgan fingerprint density at radius 1 is 1.60 bits per heavy atom. The van der Waals surface area contributed by atoms with Gasteiger partial charge in [-0.15, -0.1) is 0 Å². The van der Waals surface area contributed by atoms with Crippen LogP contribution in [-0.2, 0) is 4.74 Å². The average Bonchev–Trinajstić information content (AvgIpc) is 2.04. The summed E-state index contributed by atoms with van der Waals surface area (Å²) in [6, 6.07) is 0. The van der Waals surface area contributed by atoms with Crippen LogP contribution in [-0.4, -0.2) is 36.8 Å². The highest BCUT2D eigenvalue weighted by Crippen LogP contribution is 2.08. The monoisotopic (exact) mass is 143 g/mol. The lowest BCUT2D eigenvalue weighted by Crippen LogP contribution is -2.19. The second-order valence-electron chi connectivity index (χ2n) is 2.51. The van der Waals surface area contributed by atoms with Crippen LogP contribution in [0.5, 0.6) is 0 Å². The first kappa shape index (κ1) is 7.41. The predicted octanol–water partition coefficient (Wildman–Crippen LogP) is 0.738. The van der Waals surface area contributed by atoms with Crippen molar-refractivity contribution in [3.8, 4) is 0 Å². The summed E-state index contributed by atoms with van der Waals surface area (Å²) in [5, 5.41) is 9.24. The lowest BCUT2D eigenvalue weighted by Gasteiger charge is -2.16. The summed E-state index contributed by atoms with van der Waals surface area (Å²) in [6.45, 7) is 3.80. The number of likely N-dealkylation sites (N-methyl/N-ethyl adjacent to an activating group) is 1. The summed E-state index contributed by atoms with van der Waals surface area (Å²) in [6.07, 6.45) is 0. The lowest BCUT2D eigenvalue weighted by molar-refractivity contribution is 0.131. The molecule has 0 aromatic heterocycles. The van der Waals surface area contributed by atoms with Gasteiger partial charge in [-0.3, -0.25) is 0 Å². The van der Waals surface area contributed by atoms with Gasteiger partial charge in [-0.2, -0.15) is 0 Å². The summed E-state index contributed by atoms with van der Waals surface area (Å²) in [5.74, 6) is 0.347. The Kier molecular flexibility index (Phi) is 2.17. The van der Waals surface area contributed by atoms with Gasteiger partial charge in [-0.1, -0.05) is 0 Å². The van der Waals surface area contributed by atoms with Crippen molar-refractivity contribution in [1.82, 2.24) is 4.90 Å². The molecule has 3 heteroatoms. The van der Waals surface area contributed by atoms with Crippen LogP contribution in [0.2, 0.25) is 0 Å². The van der Waals surface area contributed by atoms with Crippen LogP contribution >= 0.6 is 0 Å². The van der Waals surface area contributed by atoms with Crippen molar-refractivity contribution in [2.45, 2.75) is 6.92 Å². The number of hydrogen-bond acceptors (Lipinski definition) is 3. The van der Waals surface area contributed by atoms with Gasteiger partial charge in [0.25, 0.3) is 0 Å². The highest BCUT2D eigenvalue weighted by molar-refractivity contribution is 5.04. The number of ether oxygens (including phenoxy) is 1. The van der Waals surface area contributed by atoms with Gasteiger partial charge in [0.2, 0.25) is 0 Å². The van der Waals surface area contributed by atoms with Crippen molar-refractivity contribution >= 4 is 0 Å². The van der Waals surface area contributed by atoms with E-state index in [0.29, 0.717) is 19.0 Å². The summed E-state index contributed by atoms with van der Waals surface area (Å²) >= 11 is 0. The Morgan fingerprint density at radius 3 is 3.00 bits per heavy atom. The van der Waals surface area contributed by atoms with E-state index < -0.39 is 0 Å². The first-order valence-electron chi connectivity index (χ1n) is 3.39. The van der Waals surface area contributed by atoms with Crippen molar-refractivity contribution in [1.29, 1.82) is 0 Å². The maximum absolute atomic E-state index is 9.24. The van der Waals surface area contributed by atoms with Crippen LogP contribution in [0.15, 0.2) is 11.5 Å². The molecule has 0 aromatic carbocycles. The molecule has 1 heterocycles. The number of rotatable bonds is 0. The van der Waals surface area contributed by atoms with E-state index in [2.05, 4.69) is 0 Å². The topological polar surface area (TPSA) is 32.7 Å². The first-order chi connectivity index (χ1) is 4.72. The van der Waals surface area contributed by atoms with Crippen molar-refractivity contribution in [3.05, 3.63) is 11.5 Å². The Balaban J connectivity index is 2.69. The van der Waals surface area contributed by atoms with Crippen molar-refractivity contribution in [3.63, 3.8) is 0 Å². The smallest absolute Gasteiger partial charge is 0.137 e. The molecule has 1 N–H and O–H groups in total. The largest absolute Gasteiger partial charge is 0.508 e. The average molecular weight is 143 g/mol. The molecule has 0 aliphatic carbocycles. The first-order valence-corrected chi connectivity index (χ1v) is 3.39. The van der Waals surface area contributed by atoms with Gasteiger partial charge in [-0.05, 0) is 6.92 Å². The van der Waals surface area contributed by atoms with Gasteiger partial charge in [-0.25, -0.2) is 0 Å². The molecule has 0 aromatic rings. The molecule has 0 radical (unpaired) electrons. The van der Waals surface area contributed by atoms with E-state index in [4.69, 9.17) is 4.74 Å². The van der Waals surface area contributed by atoms with E-state index in [9.17, 15) is 5.11 Å². The van der Waals surface area contributed by atoms with E-state index in [-0.39, 0.29) is 0 Å². The third-order valence-corrected chi connectivity index (χ3v) is 1.80. The zero-order valence-corrected chi connectivity index (χ0v) is 6.42. The van der Waals surface area contributed by atoms with Gasteiger partial charge in [0.05, 0.1) is 12.3 Å². The summed E-state index contributed by atoms with van der Waals surface area (Å²) in [4.78, 5) is 1.99. The number of aliphatic hydroxyl groups is 1. The second-order valence-corrected chi connectivity index (χ2v) is 2.51. The molecule has 58 valence electrons. The van der Waals surface area contributed by atoms with Crippen molar-refractivity contribution < 1.29 is 9.84 Å². The van der Waals surface area contributed by atoms with Crippen molar-refractivity contribution in [2.24, 2.45) is 0 Å². The molecular weight excluding hydrogens is 130 g/mol. The minimum absolute atomic E-state index is 0.347. The van der Waals surface area contributed by atoms with Crippen LogP contribution in [0.1, 0.15) is 6.92 Å². The van der Waals surface area contributed by atoms with Crippen LogP contribution in [0, 0.1) is 0 Å². The fraction of sp³-hybridized carbons (Fsp3) is 0.714. The van der Waals surface area contributed by atoms with Gasteiger partial charge in [0, 0.05) is 13.6 Å². The quantitative estimate of drug-likeness (QED) is 0.543. The van der Waals surface area contributed by atoms with Gasteiger partial charge in [0.15, 0.2) is 0 Å². The molecule has 0 unspecified atom stereocenters. The minimum Gasteiger partial charge on any atom is -0.508 e. The molecule has 1 aliphatic rings. The van der Waals surface area contributed by atoms with E-state index in [0.717, 1.165) is 12.2 Å². The number of allylic oxidation sites excluding steroid dienone is 1. The van der Waals surface area contributed by atoms with E-state index in [1.165, 1.54) is 0 Å². The van der Waals surface area contributed by atoms with Gasteiger partial charge < -0.3 is 14.7 Å². The van der Waals surface area contributed by atoms with Crippen LogP contribution < -0.4 is 0 Å². The molecule has 0 spiro atoms. The molecule has 1 aliphatic heterocycles. The number of aliphatic hydroxyl groups excluding tert-OH is 1. The molecule has 0 bridgehead atoms. The third-order valence-electron chi connectivity index (χ3n) is 1.80. The molecule has 1 rings (SSSR count). The molecule has 0 fully saturated rings. The molecule has 0 amide bonds. The fourth-order valence-electron chi connectivity index (χ4n) is 0.863. The Morgan fingerprint density at radius 2 is 2.30 bits per heavy atom. The molecule has 0 saturated carbocycles. The molecule has 3 nitrogen and oxygen atoms in total. The van der Waals surface area contributed by atoms with E-state index >= 15 is 0 Å². The Bertz CT molecular complexity index is 154. The van der Waals surface area contributed by atoms with E-state index in [1.807, 2.05) is 18.9 Å². The summed E-state index contributed by atoms with van der Waals surface area (Å²) in [5.41, 5.74) is 0.914. The van der Waals surface area contributed by atoms with Crippen LogP contribution in [0.25, 0.3) is 0 Å². The highest BCUT2D eigenvalue weighted by atomic mass is 16.5. The maximum Gasteiger partial charge on any atom is 0.137 e. The maximum atomic E-state index is 9.24. The third kappa shape index (κ3) is 1.42. The zero-order chi connectivity index (χ0) is 7.56.